The summed E-state index contributed by atoms with van der Waals surface area (Å²) in [5.41, 5.74) is 0. The minimum Gasteiger partial charge on any atom is -0.349 e. The van der Waals surface area contributed by atoms with E-state index in [0.717, 1.165) is 25.7 Å². The van der Waals surface area contributed by atoms with Gasteiger partial charge in [-0.15, -0.1) is 11.3 Å². The number of nitrogens with zero attached hydrogens (tertiary/aromatic N) is 2. The minimum atomic E-state index is -0.00978. The predicted octanol–water partition coefficient (Wildman–Crippen LogP) is 3.51. The molecule has 1 N–H and O–H groups in total. The second-order valence-corrected chi connectivity index (χ2v) is 6.78. The van der Waals surface area contributed by atoms with E-state index in [1.54, 1.807) is 12.1 Å². The van der Waals surface area contributed by atoms with Gasteiger partial charge in [0.15, 0.2) is 0 Å². The summed E-state index contributed by atoms with van der Waals surface area (Å²) in [6.07, 6.45) is 7.92. The second kappa shape index (κ2) is 5.97. The molecule has 0 aromatic carbocycles. The number of amides is 1. The van der Waals surface area contributed by atoms with Gasteiger partial charge in [0, 0.05) is 18.4 Å². The van der Waals surface area contributed by atoms with Gasteiger partial charge in [0.25, 0.3) is 5.91 Å². The van der Waals surface area contributed by atoms with Crippen LogP contribution >= 0.6 is 22.9 Å². The molecule has 0 bridgehead atoms. The Balaban J connectivity index is 1.52. The van der Waals surface area contributed by atoms with Gasteiger partial charge >= 0.3 is 0 Å². The van der Waals surface area contributed by atoms with Crippen LogP contribution in [0.2, 0.25) is 4.34 Å². The molecule has 0 radical (unpaired) electrons. The first-order valence-corrected chi connectivity index (χ1v) is 7.97. The van der Waals surface area contributed by atoms with E-state index in [1.807, 2.05) is 23.1 Å². The number of thiophene rings is 1. The predicted molar refractivity (Wildman–Crippen MR) is 80.3 cm³/mol. The highest BCUT2D eigenvalue weighted by atomic mass is 35.5. The van der Waals surface area contributed by atoms with Gasteiger partial charge in [0.2, 0.25) is 0 Å². The first kappa shape index (κ1) is 13.6. The zero-order valence-electron chi connectivity index (χ0n) is 11.0. The Morgan fingerprint density at radius 2 is 2.15 bits per heavy atom. The van der Waals surface area contributed by atoms with Crippen LogP contribution in [0.15, 0.2) is 30.6 Å². The molecule has 3 rings (SSSR count). The van der Waals surface area contributed by atoms with Crippen LogP contribution in [0.25, 0.3) is 0 Å². The Kier molecular flexibility index (Phi) is 4.08. The molecular formula is C14H16ClN3OS. The Labute approximate surface area is 126 Å². The number of carbonyl (C=O) groups excluding carboxylic acids is 1. The van der Waals surface area contributed by atoms with Crippen LogP contribution in [0.4, 0.5) is 0 Å². The molecule has 4 nitrogen and oxygen atoms in total. The van der Waals surface area contributed by atoms with Gasteiger partial charge in [-0.1, -0.05) is 11.6 Å². The van der Waals surface area contributed by atoms with E-state index < -0.39 is 0 Å². The lowest BCUT2D eigenvalue weighted by atomic mass is 9.91. The van der Waals surface area contributed by atoms with Crippen molar-refractivity contribution in [1.82, 2.24) is 15.1 Å². The molecule has 2 aromatic heterocycles. The average Bonchev–Trinajstić information content (AvgIpc) is 3.10. The van der Waals surface area contributed by atoms with Gasteiger partial charge in [-0.3, -0.25) is 9.48 Å². The second-order valence-electron chi connectivity index (χ2n) is 5.07. The Hall–Kier alpha value is -1.33. The van der Waals surface area contributed by atoms with E-state index in [0.29, 0.717) is 15.3 Å². The van der Waals surface area contributed by atoms with Crippen LogP contribution in [0.1, 0.15) is 41.4 Å². The van der Waals surface area contributed by atoms with Gasteiger partial charge in [0.05, 0.1) is 15.3 Å². The highest BCUT2D eigenvalue weighted by Crippen LogP contribution is 2.28. The molecule has 0 unspecified atom stereocenters. The van der Waals surface area contributed by atoms with Crippen molar-refractivity contribution >= 4 is 28.8 Å². The summed E-state index contributed by atoms with van der Waals surface area (Å²) in [6.45, 7) is 0. The zero-order valence-corrected chi connectivity index (χ0v) is 12.5. The van der Waals surface area contributed by atoms with Crippen molar-refractivity contribution in [2.24, 2.45) is 0 Å². The lowest BCUT2D eigenvalue weighted by Crippen LogP contribution is -2.37. The third-order valence-electron chi connectivity index (χ3n) is 3.73. The van der Waals surface area contributed by atoms with Crippen molar-refractivity contribution in [3.63, 3.8) is 0 Å². The fourth-order valence-electron chi connectivity index (χ4n) is 2.67. The summed E-state index contributed by atoms with van der Waals surface area (Å²) in [5, 5.41) is 7.39. The van der Waals surface area contributed by atoms with Crippen LogP contribution in [0.5, 0.6) is 0 Å². The fourth-order valence-corrected chi connectivity index (χ4v) is 3.62. The smallest absolute Gasteiger partial charge is 0.261 e. The number of carbonyl (C=O) groups is 1. The lowest BCUT2D eigenvalue weighted by Gasteiger charge is -2.29. The van der Waals surface area contributed by atoms with Gasteiger partial charge in [-0.25, -0.2) is 0 Å². The van der Waals surface area contributed by atoms with Crippen molar-refractivity contribution in [2.45, 2.75) is 37.8 Å². The van der Waals surface area contributed by atoms with Crippen molar-refractivity contribution in [3.05, 3.63) is 39.8 Å². The topological polar surface area (TPSA) is 46.9 Å². The maximum Gasteiger partial charge on any atom is 0.261 e. The highest BCUT2D eigenvalue weighted by Gasteiger charge is 2.24. The van der Waals surface area contributed by atoms with E-state index in [9.17, 15) is 4.79 Å². The van der Waals surface area contributed by atoms with E-state index in [4.69, 9.17) is 11.6 Å². The molecule has 0 aliphatic heterocycles. The first-order valence-electron chi connectivity index (χ1n) is 6.77. The molecule has 20 heavy (non-hydrogen) atoms. The molecule has 0 saturated heterocycles. The molecule has 1 aliphatic carbocycles. The van der Waals surface area contributed by atoms with Crippen LogP contribution in [-0.4, -0.2) is 21.7 Å². The van der Waals surface area contributed by atoms with E-state index in [1.165, 1.54) is 11.3 Å². The van der Waals surface area contributed by atoms with Gasteiger partial charge in [-0.2, -0.15) is 5.10 Å². The van der Waals surface area contributed by atoms with Crippen LogP contribution in [0.3, 0.4) is 0 Å². The van der Waals surface area contributed by atoms with Crippen molar-refractivity contribution in [1.29, 1.82) is 0 Å². The molecule has 6 heteroatoms. The largest absolute Gasteiger partial charge is 0.349 e. The molecular weight excluding hydrogens is 294 g/mol. The molecule has 1 saturated carbocycles. The summed E-state index contributed by atoms with van der Waals surface area (Å²) in [5.74, 6) is -0.00978. The van der Waals surface area contributed by atoms with Gasteiger partial charge < -0.3 is 5.32 Å². The quantitative estimate of drug-likeness (QED) is 0.943. The fraction of sp³-hybridized carbons (Fsp3) is 0.429. The SMILES string of the molecule is O=C(NC1CCC(n2cccn2)CC1)c1ccc(Cl)s1. The summed E-state index contributed by atoms with van der Waals surface area (Å²) < 4.78 is 2.68. The van der Waals surface area contributed by atoms with Crippen molar-refractivity contribution < 1.29 is 4.79 Å². The number of aromatic nitrogens is 2. The zero-order chi connectivity index (χ0) is 13.9. The maximum atomic E-state index is 12.1. The van der Waals surface area contributed by atoms with E-state index in [-0.39, 0.29) is 11.9 Å². The van der Waals surface area contributed by atoms with Crippen molar-refractivity contribution in [2.75, 3.05) is 0 Å². The molecule has 106 valence electrons. The molecule has 2 aromatic rings. The summed E-state index contributed by atoms with van der Waals surface area (Å²) in [6, 6.07) is 6.21. The molecule has 1 amide bonds. The van der Waals surface area contributed by atoms with E-state index in [2.05, 4.69) is 10.4 Å². The standard InChI is InChI=1S/C14H16ClN3OS/c15-13-7-6-12(20-13)14(19)17-10-2-4-11(5-3-10)18-9-1-8-16-18/h1,6-11H,2-5H2,(H,17,19). The summed E-state index contributed by atoms with van der Waals surface area (Å²) in [7, 11) is 0. The number of hydrogen-bond donors (Lipinski definition) is 1. The normalized spacial score (nSPS) is 22.6. The number of halogens is 1. The molecule has 1 fully saturated rings. The molecule has 2 heterocycles. The van der Waals surface area contributed by atoms with Crippen LogP contribution in [0, 0.1) is 0 Å². The molecule has 0 spiro atoms. The highest BCUT2D eigenvalue weighted by molar-refractivity contribution is 7.17. The van der Waals surface area contributed by atoms with Gasteiger partial charge in [-0.05, 0) is 43.9 Å². The van der Waals surface area contributed by atoms with Gasteiger partial charge in [0.1, 0.15) is 0 Å². The monoisotopic (exact) mass is 309 g/mol. The number of rotatable bonds is 3. The van der Waals surface area contributed by atoms with Crippen molar-refractivity contribution in [3.8, 4) is 0 Å². The average molecular weight is 310 g/mol. The Morgan fingerprint density at radius 1 is 1.35 bits per heavy atom. The Morgan fingerprint density at radius 3 is 2.75 bits per heavy atom. The number of hydrogen-bond acceptors (Lipinski definition) is 3. The van der Waals surface area contributed by atoms with E-state index >= 15 is 0 Å². The number of nitrogens with one attached hydrogen (secondary N) is 1. The lowest BCUT2D eigenvalue weighted by molar-refractivity contribution is 0.0926. The molecule has 1 aliphatic rings. The third kappa shape index (κ3) is 3.04. The first-order chi connectivity index (χ1) is 9.72. The summed E-state index contributed by atoms with van der Waals surface area (Å²) in [4.78, 5) is 12.7. The minimum absolute atomic E-state index is 0.00978. The third-order valence-corrected chi connectivity index (χ3v) is 4.96. The maximum absolute atomic E-state index is 12.1. The molecule has 0 atom stereocenters. The van der Waals surface area contributed by atoms with Crippen LogP contribution < -0.4 is 5.32 Å². The van der Waals surface area contributed by atoms with Crippen LogP contribution in [-0.2, 0) is 0 Å². The Bertz CT molecular complexity index is 573. The summed E-state index contributed by atoms with van der Waals surface area (Å²) >= 11 is 7.17.